The fraction of sp³-hybridized carbons (Fsp3) is 0.688. The lowest BCUT2D eigenvalue weighted by Crippen LogP contribution is -2.48. The number of nitrogens with one attached hydrogen (secondary N) is 2. The molecular formula is C16H24N6O2. The van der Waals surface area contributed by atoms with Crippen molar-refractivity contribution in [2.24, 2.45) is 5.92 Å². The number of nitrogens with zero attached hydrogens (tertiary/aromatic N) is 4. The van der Waals surface area contributed by atoms with E-state index in [0.717, 1.165) is 12.3 Å². The lowest BCUT2D eigenvalue weighted by Gasteiger charge is -2.24. The first-order valence-corrected chi connectivity index (χ1v) is 8.70. The van der Waals surface area contributed by atoms with E-state index in [1.807, 2.05) is 4.90 Å². The topological polar surface area (TPSA) is 93.6 Å². The largest absolute Gasteiger partial charge is 0.389 e. The van der Waals surface area contributed by atoms with Crippen LogP contribution in [-0.2, 0) is 4.79 Å². The molecule has 130 valence electrons. The van der Waals surface area contributed by atoms with Crippen LogP contribution in [0.2, 0.25) is 0 Å². The third kappa shape index (κ3) is 3.35. The van der Waals surface area contributed by atoms with Crippen molar-refractivity contribution in [3.8, 4) is 0 Å². The van der Waals surface area contributed by atoms with Gasteiger partial charge in [-0.25, -0.2) is 15.4 Å². The van der Waals surface area contributed by atoms with Crippen molar-refractivity contribution >= 4 is 11.9 Å². The van der Waals surface area contributed by atoms with Crippen LogP contribution in [0.1, 0.15) is 19.3 Å². The minimum atomic E-state index is -0.603. The van der Waals surface area contributed by atoms with Crippen LogP contribution < -0.4 is 15.8 Å². The zero-order chi connectivity index (χ0) is 16.5. The molecule has 1 aromatic heterocycles. The fourth-order valence-electron chi connectivity index (χ4n) is 3.60. The van der Waals surface area contributed by atoms with Gasteiger partial charge in [0.25, 0.3) is 0 Å². The Kier molecular flexibility index (Phi) is 4.34. The molecule has 3 heterocycles. The molecule has 1 saturated carbocycles. The Morgan fingerprint density at radius 1 is 1.17 bits per heavy atom. The van der Waals surface area contributed by atoms with Crippen LogP contribution in [0, 0.1) is 5.92 Å². The van der Waals surface area contributed by atoms with Crippen LogP contribution >= 0.6 is 0 Å². The number of amides is 1. The molecule has 0 radical (unpaired) electrons. The van der Waals surface area contributed by atoms with Crippen molar-refractivity contribution in [1.29, 1.82) is 0 Å². The van der Waals surface area contributed by atoms with E-state index in [0.29, 0.717) is 38.2 Å². The first-order valence-electron chi connectivity index (χ1n) is 8.70. The van der Waals surface area contributed by atoms with Crippen molar-refractivity contribution in [1.82, 2.24) is 25.7 Å². The summed E-state index contributed by atoms with van der Waals surface area (Å²) >= 11 is 0. The van der Waals surface area contributed by atoms with E-state index >= 15 is 0 Å². The molecule has 0 aromatic carbocycles. The second kappa shape index (κ2) is 6.62. The van der Waals surface area contributed by atoms with Gasteiger partial charge in [-0.05, 0) is 31.2 Å². The predicted molar refractivity (Wildman–Crippen MR) is 88.0 cm³/mol. The highest BCUT2D eigenvalue weighted by Crippen LogP contribution is 2.35. The van der Waals surface area contributed by atoms with Crippen molar-refractivity contribution < 1.29 is 9.90 Å². The van der Waals surface area contributed by atoms with Gasteiger partial charge in [-0.15, -0.1) is 0 Å². The molecule has 3 unspecified atom stereocenters. The summed E-state index contributed by atoms with van der Waals surface area (Å²) in [6.45, 7) is 1.99. The van der Waals surface area contributed by atoms with Gasteiger partial charge in [0.1, 0.15) is 6.04 Å². The smallest absolute Gasteiger partial charge is 0.241 e. The number of carbonyl (C=O) groups is 1. The number of β-amino-alcohol motifs (C(OH)–C–C–N with tert-alkyl or cyclic N) is 1. The van der Waals surface area contributed by atoms with E-state index in [1.54, 1.807) is 23.4 Å². The molecule has 1 amide bonds. The van der Waals surface area contributed by atoms with Crippen molar-refractivity contribution in [3.63, 3.8) is 0 Å². The van der Waals surface area contributed by atoms with E-state index < -0.39 is 6.10 Å². The lowest BCUT2D eigenvalue weighted by atomic mass is 10.1. The maximum atomic E-state index is 12.8. The second-order valence-electron chi connectivity index (χ2n) is 6.95. The molecule has 3 N–H and O–H groups in total. The highest BCUT2D eigenvalue weighted by atomic mass is 16.3. The number of aromatic nitrogens is 2. The number of anilines is 1. The van der Waals surface area contributed by atoms with Crippen LogP contribution in [0.15, 0.2) is 18.5 Å². The zero-order valence-electron chi connectivity index (χ0n) is 13.6. The third-order valence-corrected chi connectivity index (χ3v) is 5.07. The summed E-state index contributed by atoms with van der Waals surface area (Å²) in [5.41, 5.74) is 6.40. The van der Waals surface area contributed by atoms with Gasteiger partial charge < -0.3 is 14.9 Å². The molecule has 1 aliphatic carbocycles. The van der Waals surface area contributed by atoms with Crippen molar-refractivity contribution in [2.45, 2.75) is 37.5 Å². The quantitative estimate of drug-likeness (QED) is 0.662. The Balaban J connectivity index is 1.38. The summed E-state index contributed by atoms with van der Waals surface area (Å²) in [6.07, 6.45) is 6.13. The van der Waals surface area contributed by atoms with E-state index in [1.165, 1.54) is 12.8 Å². The molecule has 4 rings (SSSR count). The van der Waals surface area contributed by atoms with Gasteiger partial charge in [-0.3, -0.25) is 10.2 Å². The Bertz CT molecular complexity index is 581. The Morgan fingerprint density at radius 2 is 1.96 bits per heavy atom. The molecule has 3 aliphatic rings. The number of hydrazine groups is 1. The number of aliphatic hydroxyl groups excluding tert-OH is 1. The van der Waals surface area contributed by atoms with E-state index in [-0.39, 0.29) is 11.9 Å². The highest BCUT2D eigenvalue weighted by Gasteiger charge is 2.40. The molecule has 3 fully saturated rings. The minimum Gasteiger partial charge on any atom is -0.389 e. The summed E-state index contributed by atoms with van der Waals surface area (Å²) in [6, 6.07) is 1.98. The van der Waals surface area contributed by atoms with Crippen LogP contribution in [0.25, 0.3) is 0 Å². The van der Waals surface area contributed by atoms with E-state index in [2.05, 4.69) is 20.8 Å². The summed E-state index contributed by atoms with van der Waals surface area (Å²) < 4.78 is 0. The lowest BCUT2D eigenvalue weighted by molar-refractivity contribution is -0.134. The monoisotopic (exact) mass is 332 g/mol. The predicted octanol–water partition coefficient (Wildman–Crippen LogP) is -0.869. The maximum Gasteiger partial charge on any atom is 0.241 e. The molecular weight excluding hydrogens is 308 g/mol. The number of carbonyl (C=O) groups excluding carboxylic acids is 1. The average molecular weight is 332 g/mol. The van der Waals surface area contributed by atoms with Gasteiger partial charge in [0.15, 0.2) is 0 Å². The van der Waals surface area contributed by atoms with Crippen LogP contribution in [-0.4, -0.2) is 70.2 Å². The summed E-state index contributed by atoms with van der Waals surface area (Å²) in [7, 11) is 0. The van der Waals surface area contributed by atoms with Crippen LogP contribution in [0.3, 0.4) is 0 Å². The molecule has 0 spiro atoms. The SMILES string of the molecule is O=C(C1CC(C2CC2)NN1)N1CCN(c2ncccn2)CC(O)C1. The van der Waals surface area contributed by atoms with E-state index in [9.17, 15) is 9.90 Å². The Morgan fingerprint density at radius 3 is 2.71 bits per heavy atom. The highest BCUT2D eigenvalue weighted by molar-refractivity contribution is 5.82. The number of aliphatic hydroxyl groups is 1. The maximum absolute atomic E-state index is 12.8. The summed E-state index contributed by atoms with van der Waals surface area (Å²) in [4.78, 5) is 25.0. The second-order valence-corrected chi connectivity index (χ2v) is 6.95. The average Bonchev–Trinajstić information content (AvgIpc) is 3.37. The van der Waals surface area contributed by atoms with Crippen molar-refractivity contribution in [2.75, 3.05) is 31.1 Å². The summed E-state index contributed by atoms with van der Waals surface area (Å²) in [5, 5.41) is 10.3. The van der Waals surface area contributed by atoms with Gasteiger partial charge in [-0.1, -0.05) is 0 Å². The van der Waals surface area contributed by atoms with E-state index in [4.69, 9.17) is 0 Å². The number of hydrogen-bond donors (Lipinski definition) is 3. The molecule has 24 heavy (non-hydrogen) atoms. The molecule has 3 atom stereocenters. The Labute approximate surface area is 141 Å². The normalized spacial score (nSPS) is 31.1. The van der Waals surface area contributed by atoms with Gasteiger partial charge in [0.2, 0.25) is 11.9 Å². The van der Waals surface area contributed by atoms with Gasteiger partial charge in [0.05, 0.1) is 6.10 Å². The third-order valence-electron chi connectivity index (χ3n) is 5.07. The molecule has 8 nitrogen and oxygen atoms in total. The van der Waals surface area contributed by atoms with Crippen molar-refractivity contribution in [3.05, 3.63) is 18.5 Å². The van der Waals surface area contributed by atoms with Gasteiger partial charge in [0, 0.05) is 44.6 Å². The zero-order valence-corrected chi connectivity index (χ0v) is 13.6. The first-order chi connectivity index (χ1) is 11.7. The fourth-order valence-corrected chi connectivity index (χ4v) is 3.60. The van der Waals surface area contributed by atoms with Gasteiger partial charge >= 0.3 is 0 Å². The summed E-state index contributed by atoms with van der Waals surface area (Å²) in [5.74, 6) is 1.39. The van der Waals surface area contributed by atoms with Crippen LogP contribution in [0.5, 0.6) is 0 Å². The molecule has 2 aliphatic heterocycles. The number of rotatable bonds is 3. The standard InChI is InChI=1S/C16H24N6O2/c23-12-9-21(6-7-22(10-12)16-17-4-1-5-18-16)15(24)14-8-13(19-20-14)11-2-3-11/h1,4-5,11-14,19-20,23H,2-3,6-10H2. The minimum absolute atomic E-state index is 0.0699. The first kappa shape index (κ1) is 15.7. The molecule has 0 bridgehead atoms. The van der Waals surface area contributed by atoms with Crippen LogP contribution in [0.4, 0.5) is 5.95 Å². The molecule has 8 heteroatoms. The Hall–Kier alpha value is -1.77. The molecule has 1 aromatic rings. The number of hydrogen-bond acceptors (Lipinski definition) is 7. The molecule has 2 saturated heterocycles. The van der Waals surface area contributed by atoms with Gasteiger partial charge in [-0.2, -0.15) is 0 Å².